The number of hydrogen-bond acceptors (Lipinski definition) is 4. The number of ether oxygens (including phenoxy) is 3. The van der Waals surface area contributed by atoms with E-state index in [1.807, 2.05) is 0 Å². The van der Waals surface area contributed by atoms with Crippen LogP contribution in [0.25, 0.3) is 11.1 Å². The van der Waals surface area contributed by atoms with Gasteiger partial charge in [-0.3, -0.25) is 0 Å². The molecule has 2 rings (SSSR count). The summed E-state index contributed by atoms with van der Waals surface area (Å²) in [7, 11) is 0. The summed E-state index contributed by atoms with van der Waals surface area (Å²) in [5, 5.41) is 0. The minimum atomic E-state index is -6.92. The minimum absolute atomic E-state index is 0.0727. The highest BCUT2D eigenvalue weighted by molar-refractivity contribution is 5.81. The lowest BCUT2D eigenvalue weighted by Gasteiger charge is -2.33. The quantitative estimate of drug-likeness (QED) is 0.0728. The van der Waals surface area contributed by atoms with E-state index in [1.54, 1.807) is 24.3 Å². The van der Waals surface area contributed by atoms with E-state index in [9.17, 15) is 44.3 Å². The van der Waals surface area contributed by atoms with Crippen LogP contribution in [-0.2, 0) is 9.53 Å². The van der Waals surface area contributed by atoms with E-state index in [0.717, 1.165) is 50.2 Å². The number of benzene rings is 2. The second-order valence-corrected chi connectivity index (χ2v) is 9.34. The molecule has 0 fully saturated rings. The van der Waals surface area contributed by atoms with Crippen LogP contribution in [0.2, 0.25) is 0 Å². The number of hydrogen-bond donors (Lipinski definition) is 0. The molecule has 0 saturated carbocycles. The Morgan fingerprint density at radius 1 is 0.619 bits per heavy atom. The van der Waals surface area contributed by atoms with E-state index in [2.05, 4.69) is 6.58 Å². The molecule has 0 aliphatic rings. The third-order valence-electron chi connectivity index (χ3n) is 6.15. The van der Waals surface area contributed by atoms with E-state index in [1.165, 1.54) is 24.3 Å². The summed E-state index contributed by atoms with van der Waals surface area (Å²) in [6.45, 7) is 3.01. The second-order valence-electron chi connectivity index (χ2n) is 9.34. The van der Waals surface area contributed by atoms with Gasteiger partial charge in [0.05, 0.1) is 26.2 Å². The molecule has 42 heavy (non-hydrogen) atoms. The third kappa shape index (κ3) is 9.59. The van der Waals surface area contributed by atoms with Crippen LogP contribution >= 0.6 is 0 Å². The average Bonchev–Trinajstić information content (AvgIpc) is 2.93. The molecule has 0 N–H and O–H groups in total. The minimum Gasteiger partial charge on any atom is -0.494 e. The van der Waals surface area contributed by atoms with E-state index in [0.29, 0.717) is 24.5 Å². The fourth-order valence-electron chi connectivity index (χ4n) is 3.68. The number of carbonyl (C=O) groups excluding carboxylic acids is 1. The second kappa shape index (κ2) is 15.2. The van der Waals surface area contributed by atoms with Crippen LogP contribution in [0, 0.1) is 0 Å². The molecule has 234 valence electrons. The number of halogens is 9. The molecular weight excluding hydrogens is 583 g/mol. The van der Waals surface area contributed by atoms with Gasteiger partial charge in [-0.05, 0) is 48.2 Å². The summed E-state index contributed by atoms with van der Waals surface area (Å²) in [5.41, 5.74) is 1.43. The Bertz CT molecular complexity index is 1120. The van der Waals surface area contributed by atoms with Crippen molar-refractivity contribution in [3.63, 3.8) is 0 Å². The summed E-state index contributed by atoms with van der Waals surface area (Å²) in [6, 6.07) is 12.7. The van der Waals surface area contributed by atoms with Crippen molar-refractivity contribution in [2.75, 3.05) is 19.8 Å². The molecule has 0 saturated heterocycles. The van der Waals surface area contributed by atoms with E-state index >= 15 is 0 Å². The normalized spacial score (nSPS) is 12.6. The maximum absolute atomic E-state index is 13.6. The molecule has 0 unspecified atom stereocenters. The molecule has 2 aromatic rings. The van der Waals surface area contributed by atoms with Crippen LogP contribution in [0.5, 0.6) is 11.5 Å². The fourth-order valence-corrected chi connectivity index (χ4v) is 3.68. The van der Waals surface area contributed by atoms with Crippen LogP contribution in [-0.4, -0.2) is 49.7 Å². The highest BCUT2D eigenvalue weighted by atomic mass is 19.4. The maximum Gasteiger partial charge on any atom is 0.460 e. The largest absolute Gasteiger partial charge is 0.494 e. The summed E-state index contributed by atoms with van der Waals surface area (Å²) >= 11 is 0. The van der Waals surface area contributed by atoms with E-state index in [4.69, 9.17) is 14.2 Å². The Kier molecular flexibility index (Phi) is 12.6. The van der Waals surface area contributed by atoms with Gasteiger partial charge in [0.1, 0.15) is 11.5 Å². The van der Waals surface area contributed by atoms with Gasteiger partial charge in [-0.1, -0.05) is 56.5 Å². The predicted molar refractivity (Wildman–Crippen MR) is 137 cm³/mol. The van der Waals surface area contributed by atoms with Gasteiger partial charge in [0.2, 0.25) is 0 Å². The summed E-state index contributed by atoms with van der Waals surface area (Å²) < 4.78 is 132. The first-order valence-corrected chi connectivity index (χ1v) is 13.1. The first-order valence-electron chi connectivity index (χ1n) is 13.1. The number of unbranched alkanes of at least 4 members (excludes halogenated alkanes) is 5. The van der Waals surface area contributed by atoms with Gasteiger partial charge < -0.3 is 14.2 Å². The molecule has 0 aliphatic carbocycles. The van der Waals surface area contributed by atoms with Gasteiger partial charge in [0.25, 0.3) is 0 Å². The van der Waals surface area contributed by atoms with Crippen molar-refractivity contribution in [1.29, 1.82) is 0 Å². The number of alkyl halides is 9. The highest BCUT2D eigenvalue weighted by Gasteiger charge is 2.81. The Labute approximate surface area is 237 Å². The maximum atomic E-state index is 13.6. The Hall–Kier alpha value is -3.38. The number of carbonyl (C=O) groups is 1. The standard InChI is InChI=1S/C29H31F9O4/c1-2-25(39)42-19-8-6-4-3-5-7-18-40-23-13-9-21(10-14-23)22-11-15-24(16-12-22)41-20-17-26(30,31)27(32,33)28(34,35)29(36,37)38/h2,9-16H,1,3-8,17-20H2. The highest BCUT2D eigenvalue weighted by Crippen LogP contribution is 2.54. The van der Waals surface area contributed by atoms with Gasteiger partial charge in [-0.25, -0.2) is 4.79 Å². The Morgan fingerprint density at radius 2 is 1.05 bits per heavy atom. The summed E-state index contributed by atoms with van der Waals surface area (Å²) in [4.78, 5) is 10.9. The third-order valence-corrected chi connectivity index (χ3v) is 6.15. The number of esters is 1. The van der Waals surface area contributed by atoms with E-state index < -0.39 is 42.9 Å². The molecule has 0 bridgehead atoms. The zero-order valence-electron chi connectivity index (χ0n) is 22.5. The van der Waals surface area contributed by atoms with E-state index in [-0.39, 0.29) is 5.75 Å². The first kappa shape index (κ1) is 34.8. The summed E-state index contributed by atoms with van der Waals surface area (Å²) in [5.74, 6) is -19.1. The van der Waals surface area contributed by atoms with Crippen molar-refractivity contribution in [3.05, 3.63) is 61.2 Å². The number of rotatable bonds is 18. The zero-order chi connectivity index (χ0) is 31.4. The lowest BCUT2D eigenvalue weighted by Crippen LogP contribution is -2.61. The lowest BCUT2D eigenvalue weighted by atomic mass is 10.0. The predicted octanol–water partition coefficient (Wildman–Crippen LogP) is 9.04. The first-order chi connectivity index (χ1) is 19.6. The van der Waals surface area contributed by atoms with Crippen molar-refractivity contribution in [1.82, 2.24) is 0 Å². The summed E-state index contributed by atoms with van der Waals surface area (Å²) in [6.07, 6.45) is -2.13. The zero-order valence-corrected chi connectivity index (χ0v) is 22.5. The average molecular weight is 615 g/mol. The van der Waals surface area contributed by atoms with Gasteiger partial charge >= 0.3 is 29.9 Å². The molecular formula is C29H31F9O4. The van der Waals surface area contributed by atoms with Gasteiger partial charge in [-0.15, -0.1) is 0 Å². The van der Waals surface area contributed by atoms with Crippen molar-refractivity contribution in [2.24, 2.45) is 0 Å². The van der Waals surface area contributed by atoms with Gasteiger partial charge in [0.15, 0.2) is 0 Å². The monoisotopic (exact) mass is 614 g/mol. The molecule has 0 radical (unpaired) electrons. The topological polar surface area (TPSA) is 44.8 Å². The molecule has 4 nitrogen and oxygen atoms in total. The SMILES string of the molecule is C=CC(=O)OCCCCCCCCOc1ccc(-c2ccc(OCCC(F)(F)C(F)(F)C(F)(F)C(F)(F)F)cc2)cc1. The molecule has 0 amide bonds. The Balaban J connectivity index is 1.73. The Morgan fingerprint density at radius 3 is 1.50 bits per heavy atom. The van der Waals surface area contributed by atoms with Crippen molar-refractivity contribution in [3.8, 4) is 22.6 Å². The van der Waals surface area contributed by atoms with Crippen molar-refractivity contribution < 1.29 is 58.5 Å². The van der Waals surface area contributed by atoms with Gasteiger partial charge in [0, 0.05) is 6.08 Å². The van der Waals surface area contributed by atoms with Crippen LogP contribution in [0.4, 0.5) is 39.5 Å². The van der Waals surface area contributed by atoms with Crippen LogP contribution in [0.1, 0.15) is 44.9 Å². The molecule has 0 atom stereocenters. The molecule has 0 aromatic heterocycles. The molecule has 0 spiro atoms. The molecule has 0 heterocycles. The van der Waals surface area contributed by atoms with Crippen molar-refractivity contribution in [2.45, 2.75) is 68.9 Å². The van der Waals surface area contributed by atoms with Crippen LogP contribution < -0.4 is 9.47 Å². The fraction of sp³-hybridized carbons (Fsp3) is 0.483. The molecule has 0 aliphatic heterocycles. The van der Waals surface area contributed by atoms with Crippen LogP contribution in [0.3, 0.4) is 0 Å². The molecule has 2 aromatic carbocycles. The molecule has 13 heteroatoms. The van der Waals surface area contributed by atoms with Gasteiger partial charge in [-0.2, -0.15) is 39.5 Å². The van der Waals surface area contributed by atoms with Crippen molar-refractivity contribution >= 4 is 5.97 Å². The lowest BCUT2D eigenvalue weighted by molar-refractivity contribution is -0.397. The van der Waals surface area contributed by atoms with Crippen LogP contribution in [0.15, 0.2) is 61.2 Å². The smallest absolute Gasteiger partial charge is 0.460 e.